The van der Waals surface area contributed by atoms with Crippen molar-refractivity contribution in [1.82, 2.24) is 5.32 Å². The van der Waals surface area contributed by atoms with E-state index < -0.39 is 5.60 Å². The molecule has 1 N–H and O–H groups in total. The Balaban J connectivity index is 1.96. The van der Waals surface area contributed by atoms with Crippen molar-refractivity contribution in [2.75, 3.05) is 18.9 Å². The van der Waals surface area contributed by atoms with Gasteiger partial charge in [-0.1, -0.05) is 0 Å². The molecule has 5 heteroatoms. The molecule has 0 aliphatic carbocycles. The van der Waals surface area contributed by atoms with Gasteiger partial charge < -0.3 is 14.8 Å². The smallest absolute Gasteiger partial charge is 0.407 e. The first-order valence-corrected chi connectivity index (χ1v) is 6.22. The topological polar surface area (TPSA) is 47.6 Å². The van der Waals surface area contributed by atoms with Gasteiger partial charge in [0.05, 0.1) is 6.61 Å². The molecule has 88 valence electrons. The normalized spacial score (nSPS) is 20.6. The molecule has 1 fully saturated rings. The zero-order valence-electron chi connectivity index (χ0n) is 9.54. The lowest BCUT2D eigenvalue weighted by atomic mass is 10.2. The third-order valence-electron chi connectivity index (χ3n) is 1.73. The molecule has 1 aliphatic heterocycles. The quantitative estimate of drug-likeness (QED) is 0.754. The molecule has 1 heterocycles. The minimum absolute atomic E-state index is 0.338. The van der Waals surface area contributed by atoms with Crippen molar-refractivity contribution in [2.45, 2.75) is 38.2 Å². The molecule has 15 heavy (non-hydrogen) atoms. The van der Waals surface area contributed by atoms with Crippen molar-refractivity contribution in [3.8, 4) is 0 Å². The fourth-order valence-electron chi connectivity index (χ4n) is 1.00. The lowest BCUT2D eigenvalue weighted by Crippen LogP contribution is -2.34. The van der Waals surface area contributed by atoms with E-state index >= 15 is 0 Å². The van der Waals surface area contributed by atoms with E-state index in [4.69, 9.17) is 9.47 Å². The monoisotopic (exact) mass is 233 g/mol. The number of nitrogens with one attached hydrogen (secondary N) is 1. The molecule has 1 unspecified atom stereocenters. The van der Waals surface area contributed by atoms with Crippen LogP contribution in [0.25, 0.3) is 0 Å². The van der Waals surface area contributed by atoms with Gasteiger partial charge >= 0.3 is 6.09 Å². The number of carbonyl (C=O) groups is 1. The van der Waals surface area contributed by atoms with Gasteiger partial charge in [-0.3, -0.25) is 0 Å². The van der Waals surface area contributed by atoms with Gasteiger partial charge in [0.1, 0.15) is 11.0 Å². The van der Waals surface area contributed by atoms with E-state index in [9.17, 15) is 4.79 Å². The molecule has 1 saturated heterocycles. The molecule has 1 aliphatic rings. The number of alkyl carbamates (subject to hydrolysis) is 1. The molecular weight excluding hydrogens is 214 g/mol. The van der Waals surface area contributed by atoms with E-state index in [1.165, 1.54) is 0 Å². The Morgan fingerprint density at radius 3 is 2.73 bits per heavy atom. The largest absolute Gasteiger partial charge is 0.444 e. The van der Waals surface area contributed by atoms with Gasteiger partial charge in [0.15, 0.2) is 0 Å². The summed E-state index contributed by atoms with van der Waals surface area (Å²) in [5.41, 5.74) is -0.0839. The zero-order valence-corrected chi connectivity index (χ0v) is 10.4. The van der Waals surface area contributed by atoms with Crippen LogP contribution in [0.3, 0.4) is 0 Å². The van der Waals surface area contributed by atoms with Crippen molar-refractivity contribution < 1.29 is 14.3 Å². The van der Waals surface area contributed by atoms with E-state index in [1.807, 2.05) is 20.8 Å². The maximum Gasteiger partial charge on any atom is 0.407 e. The van der Waals surface area contributed by atoms with Crippen LogP contribution >= 0.6 is 11.8 Å². The molecule has 4 nitrogen and oxygen atoms in total. The van der Waals surface area contributed by atoms with Crippen LogP contribution in [0.4, 0.5) is 4.79 Å². The van der Waals surface area contributed by atoms with Crippen LogP contribution in [0.1, 0.15) is 27.2 Å². The Labute approximate surface area is 95.1 Å². The molecule has 1 atom stereocenters. The average Bonchev–Trinajstić information content (AvgIpc) is 1.96. The molecule has 0 radical (unpaired) electrons. The van der Waals surface area contributed by atoms with E-state index in [0.717, 1.165) is 18.8 Å². The summed E-state index contributed by atoms with van der Waals surface area (Å²) in [4.78, 5) is 11.2. The third kappa shape index (κ3) is 5.89. The number of carbonyl (C=O) groups excluding carboxylic acids is 1. The Hall–Kier alpha value is -0.420. The predicted octanol–water partition coefficient (Wildman–Crippen LogP) is 1.99. The van der Waals surface area contributed by atoms with Gasteiger partial charge in [0.2, 0.25) is 0 Å². The molecule has 1 amide bonds. The number of ether oxygens (including phenoxy) is 2. The van der Waals surface area contributed by atoms with Crippen LogP contribution in [0.5, 0.6) is 0 Å². The number of hydrogen-bond acceptors (Lipinski definition) is 4. The summed E-state index contributed by atoms with van der Waals surface area (Å²) >= 11 is 1.73. The van der Waals surface area contributed by atoms with Gasteiger partial charge in [0, 0.05) is 18.7 Å². The molecule has 0 bridgehead atoms. The SMILES string of the molecule is CC(C)(C)OC(=O)NCCSC1CCO1. The summed E-state index contributed by atoms with van der Waals surface area (Å²) < 4.78 is 10.3. The summed E-state index contributed by atoms with van der Waals surface area (Å²) in [6.07, 6.45) is 0.773. The highest BCUT2D eigenvalue weighted by molar-refractivity contribution is 7.99. The zero-order chi connectivity index (χ0) is 11.3. The number of amides is 1. The highest BCUT2D eigenvalue weighted by Gasteiger charge is 2.18. The Morgan fingerprint density at radius 1 is 1.60 bits per heavy atom. The highest BCUT2D eigenvalue weighted by Crippen LogP contribution is 2.23. The van der Waals surface area contributed by atoms with E-state index in [-0.39, 0.29) is 6.09 Å². The van der Waals surface area contributed by atoms with Crippen LogP contribution < -0.4 is 5.32 Å². The molecular formula is C10H19NO3S. The maximum absolute atomic E-state index is 11.2. The summed E-state index contributed by atoms with van der Waals surface area (Å²) in [6.45, 7) is 7.05. The second-order valence-corrected chi connectivity index (χ2v) is 5.66. The second-order valence-electron chi connectivity index (χ2n) is 4.39. The molecule has 0 aromatic rings. The summed E-state index contributed by atoms with van der Waals surface area (Å²) in [5.74, 6) is 0.865. The van der Waals surface area contributed by atoms with Gasteiger partial charge in [-0.2, -0.15) is 0 Å². The number of rotatable bonds is 4. The molecule has 1 rings (SSSR count). The highest BCUT2D eigenvalue weighted by atomic mass is 32.2. The molecule has 0 spiro atoms. The van der Waals surface area contributed by atoms with Crippen molar-refractivity contribution >= 4 is 17.9 Å². The first-order valence-electron chi connectivity index (χ1n) is 5.17. The summed E-state index contributed by atoms with van der Waals surface area (Å²) in [7, 11) is 0. The van der Waals surface area contributed by atoms with E-state index in [1.54, 1.807) is 11.8 Å². The molecule has 0 saturated carbocycles. The van der Waals surface area contributed by atoms with Crippen molar-refractivity contribution in [3.05, 3.63) is 0 Å². The third-order valence-corrected chi connectivity index (χ3v) is 2.91. The summed E-state index contributed by atoms with van der Waals surface area (Å²) in [5, 5.41) is 2.71. The average molecular weight is 233 g/mol. The lowest BCUT2D eigenvalue weighted by Gasteiger charge is -2.25. The minimum atomic E-state index is -0.422. The van der Waals surface area contributed by atoms with Crippen LogP contribution in [0.15, 0.2) is 0 Å². The molecule has 0 aromatic carbocycles. The Bertz CT molecular complexity index is 211. The number of thioether (sulfide) groups is 1. The first kappa shape index (κ1) is 12.6. The number of hydrogen-bond donors (Lipinski definition) is 1. The second kappa shape index (κ2) is 5.61. The van der Waals surface area contributed by atoms with Crippen molar-refractivity contribution in [3.63, 3.8) is 0 Å². The minimum Gasteiger partial charge on any atom is -0.444 e. The Kier molecular flexibility index (Phi) is 4.73. The maximum atomic E-state index is 11.2. The van der Waals surface area contributed by atoms with Gasteiger partial charge in [-0.05, 0) is 20.8 Å². The van der Waals surface area contributed by atoms with Crippen molar-refractivity contribution in [1.29, 1.82) is 0 Å². The Morgan fingerprint density at radius 2 is 2.27 bits per heavy atom. The van der Waals surface area contributed by atoms with Crippen LogP contribution in [0.2, 0.25) is 0 Å². The van der Waals surface area contributed by atoms with Crippen LogP contribution in [-0.2, 0) is 9.47 Å². The van der Waals surface area contributed by atoms with Gasteiger partial charge in [0.25, 0.3) is 0 Å². The van der Waals surface area contributed by atoms with Crippen LogP contribution in [0, 0.1) is 0 Å². The first-order chi connectivity index (χ1) is 6.97. The summed E-state index contributed by atoms with van der Waals surface area (Å²) in [6, 6.07) is 0. The fraction of sp³-hybridized carbons (Fsp3) is 0.900. The standard InChI is InChI=1S/C10H19NO3S/c1-10(2,3)14-9(12)11-5-7-15-8-4-6-13-8/h8H,4-7H2,1-3H3,(H,11,12). The van der Waals surface area contributed by atoms with Gasteiger partial charge in [-0.25, -0.2) is 4.79 Å². The van der Waals surface area contributed by atoms with Crippen molar-refractivity contribution in [2.24, 2.45) is 0 Å². The lowest BCUT2D eigenvalue weighted by molar-refractivity contribution is 0.00981. The van der Waals surface area contributed by atoms with E-state index in [0.29, 0.717) is 12.0 Å². The predicted molar refractivity (Wildman–Crippen MR) is 61.1 cm³/mol. The van der Waals surface area contributed by atoms with E-state index in [2.05, 4.69) is 5.32 Å². The fourth-order valence-corrected chi connectivity index (χ4v) is 1.94. The van der Waals surface area contributed by atoms with Gasteiger partial charge in [-0.15, -0.1) is 11.8 Å². The van der Waals surface area contributed by atoms with Crippen LogP contribution in [-0.4, -0.2) is 36.0 Å². The molecule has 0 aromatic heterocycles.